The highest BCUT2D eigenvalue weighted by Gasteiger charge is 2.09. The van der Waals surface area contributed by atoms with Crippen molar-refractivity contribution in [2.24, 2.45) is 0 Å². The quantitative estimate of drug-likeness (QED) is 0.817. The molecule has 0 amide bonds. The molecule has 2 rings (SSSR count). The average Bonchev–Trinajstić information content (AvgIpc) is 2.58. The lowest BCUT2D eigenvalue weighted by Gasteiger charge is -1.98. The fourth-order valence-corrected chi connectivity index (χ4v) is 2.64. The Morgan fingerprint density at radius 2 is 2.27 bits per heavy atom. The molecule has 0 saturated carbocycles. The number of hydrogen-bond donors (Lipinski definition) is 1. The normalized spacial score (nSPS) is 10.5. The van der Waals surface area contributed by atoms with Gasteiger partial charge < -0.3 is 5.73 Å². The molecule has 0 bridgehead atoms. The van der Waals surface area contributed by atoms with E-state index in [-0.39, 0.29) is 11.0 Å². The van der Waals surface area contributed by atoms with Crippen LogP contribution in [0.4, 0.5) is 10.3 Å². The number of nitrogen functional groups attached to an aromatic ring is 1. The molecule has 15 heavy (non-hydrogen) atoms. The lowest BCUT2D eigenvalue weighted by Crippen LogP contribution is -1.97. The fourth-order valence-electron chi connectivity index (χ4n) is 0.898. The van der Waals surface area contributed by atoms with Crippen molar-refractivity contribution in [2.75, 3.05) is 5.73 Å². The van der Waals surface area contributed by atoms with E-state index in [0.29, 0.717) is 0 Å². The van der Waals surface area contributed by atoms with Gasteiger partial charge in [0, 0.05) is 11.1 Å². The summed E-state index contributed by atoms with van der Waals surface area (Å²) < 4.78 is 14.0. The van der Waals surface area contributed by atoms with Gasteiger partial charge in [-0.2, -0.15) is 0 Å². The van der Waals surface area contributed by atoms with Crippen LogP contribution in [0.3, 0.4) is 0 Å². The number of thiazole rings is 1. The van der Waals surface area contributed by atoms with Crippen LogP contribution in [0.1, 0.15) is 5.69 Å². The lowest BCUT2D eigenvalue weighted by molar-refractivity contribution is 0.580. The molecule has 0 spiro atoms. The highest BCUT2D eigenvalue weighted by Crippen LogP contribution is 2.30. The topological polar surface area (TPSA) is 64.7 Å². The van der Waals surface area contributed by atoms with Gasteiger partial charge in [-0.1, -0.05) is 0 Å². The third kappa shape index (κ3) is 2.42. The standard InChI is InChI=1S/C8H7FN4S2/c1-4-3-14-8(12-4)15-6-5(9)2-11-7(10)13-6/h2-3H,1H3,(H2,10,11,13). The molecule has 0 fully saturated rings. The van der Waals surface area contributed by atoms with Gasteiger partial charge in [-0.15, -0.1) is 11.3 Å². The van der Waals surface area contributed by atoms with E-state index in [0.717, 1.165) is 28.0 Å². The van der Waals surface area contributed by atoms with Crippen molar-refractivity contribution in [1.29, 1.82) is 0 Å². The Labute approximate surface area is 93.8 Å². The van der Waals surface area contributed by atoms with Gasteiger partial charge in [0.25, 0.3) is 0 Å². The van der Waals surface area contributed by atoms with Crippen molar-refractivity contribution in [3.63, 3.8) is 0 Å². The van der Waals surface area contributed by atoms with Gasteiger partial charge in [0.2, 0.25) is 5.95 Å². The zero-order chi connectivity index (χ0) is 10.8. The van der Waals surface area contributed by atoms with E-state index < -0.39 is 5.82 Å². The summed E-state index contributed by atoms with van der Waals surface area (Å²) in [7, 11) is 0. The summed E-state index contributed by atoms with van der Waals surface area (Å²) >= 11 is 2.59. The number of aromatic nitrogens is 3. The molecular formula is C8H7FN4S2. The van der Waals surface area contributed by atoms with Gasteiger partial charge in [-0.05, 0) is 18.7 Å². The highest BCUT2D eigenvalue weighted by atomic mass is 32.2. The molecule has 2 aromatic heterocycles. The van der Waals surface area contributed by atoms with E-state index in [2.05, 4.69) is 15.0 Å². The van der Waals surface area contributed by atoms with Gasteiger partial charge in [0.05, 0.1) is 6.20 Å². The fraction of sp³-hybridized carbons (Fsp3) is 0.125. The molecular weight excluding hydrogens is 235 g/mol. The SMILES string of the molecule is Cc1csc(Sc2nc(N)ncc2F)n1. The summed E-state index contributed by atoms with van der Waals surface area (Å²) in [6.07, 6.45) is 1.06. The third-order valence-electron chi connectivity index (χ3n) is 1.51. The van der Waals surface area contributed by atoms with Crippen molar-refractivity contribution in [1.82, 2.24) is 15.0 Å². The Morgan fingerprint density at radius 3 is 2.93 bits per heavy atom. The second kappa shape index (κ2) is 4.11. The number of nitrogens with zero attached hydrogens (tertiary/aromatic N) is 3. The maximum absolute atomic E-state index is 13.2. The summed E-state index contributed by atoms with van der Waals surface area (Å²) in [5.41, 5.74) is 6.27. The molecule has 7 heteroatoms. The summed E-state index contributed by atoms with van der Waals surface area (Å²) in [6, 6.07) is 0. The Balaban J connectivity index is 2.27. The first kappa shape index (κ1) is 10.3. The average molecular weight is 242 g/mol. The molecule has 0 aliphatic heterocycles. The van der Waals surface area contributed by atoms with Crippen molar-refractivity contribution < 1.29 is 4.39 Å². The van der Waals surface area contributed by atoms with E-state index in [4.69, 9.17) is 5.73 Å². The van der Waals surface area contributed by atoms with Crippen molar-refractivity contribution in [3.05, 3.63) is 23.1 Å². The first-order valence-corrected chi connectivity index (χ1v) is 5.73. The maximum Gasteiger partial charge on any atom is 0.221 e. The minimum atomic E-state index is -0.484. The van der Waals surface area contributed by atoms with Crippen LogP contribution in [0.5, 0.6) is 0 Å². The monoisotopic (exact) mass is 242 g/mol. The van der Waals surface area contributed by atoms with E-state index in [1.165, 1.54) is 11.3 Å². The van der Waals surface area contributed by atoms with Crippen LogP contribution in [-0.4, -0.2) is 15.0 Å². The third-order valence-corrected chi connectivity index (χ3v) is 3.55. The molecule has 2 N–H and O–H groups in total. The molecule has 0 radical (unpaired) electrons. The zero-order valence-electron chi connectivity index (χ0n) is 7.77. The van der Waals surface area contributed by atoms with Crippen LogP contribution in [0.25, 0.3) is 0 Å². The Bertz CT molecular complexity index is 485. The molecule has 0 aliphatic carbocycles. The molecule has 78 valence electrons. The smallest absolute Gasteiger partial charge is 0.221 e. The molecule has 0 aliphatic rings. The predicted molar refractivity (Wildman–Crippen MR) is 57.4 cm³/mol. The van der Waals surface area contributed by atoms with E-state index in [1.54, 1.807) is 0 Å². The minimum absolute atomic E-state index is 0.0622. The first-order chi connectivity index (χ1) is 7.15. The summed E-state index contributed by atoms with van der Waals surface area (Å²) in [6.45, 7) is 1.88. The number of nitrogens with two attached hydrogens (primary N) is 1. The molecule has 0 atom stereocenters. The summed E-state index contributed by atoms with van der Waals surface area (Å²) in [5, 5.41) is 2.10. The van der Waals surface area contributed by atoms with Crippen LogP contribution >= 0.6 is 23.1 Å². The Kier molecular flexibility index (Phi) is 2.83. The summed E-state index contributed by atoms with van der Waals surface area (Å²) in [4.78, 5) is 11.5. The van der Waals surface area contributed by atoms with Crippen LogP contribution < -0.4 is 5.73 Å². The van der Waals surface area contributed by atoms with Crippen LogP contribution in [0.2, 0.25) is 0 Å². The zero-order valence-corrected chi connectivity index (χ0v) is 9.40. The Morgan fingerprint density at radius 1 is 1.47 bits per heavy atom. The van der Waals surface area contributed by atoms with E-state index >= 15 is 0 Å². The molecule has 0 saturated heterocycles. The summed E-state index contributed by atoms with van der Waals surface area (Å²) in [5.74, 6) is -0.422. The number of aryl methyl sites for hydroxylation is 1. The van der Waals surface area contributed by atoms with Gasteiger partial charge in [0.1, 0.15) is 5.03 Å². The second-order valence-electron chi connectivity index (χ2n) is 2.74. The van der Waals surface area contributed by atoms with Gasteiger partial charge in [0.15, 0.2) is 10.2 Å². The molecule has 2 aromatic rings. The second-order valence-corrected chi connectivity index (χ2v) is 4.83. The molecule has 4 nitrogen and oxygen atoms in total. The van der Waals surface area contributed by atoms with Gasteiger partial charge in [-0.25, -0.2) is 19.3 Å². The largest absolute Gasteiger partial charge is 0.368 e. The molecule has 0 aromatic carbocycles. The van der Waals surface area contributed by atoms with Crippen LogP contribution in [0.15, 0.2) is 20.9 Å². The predicted octanol–water partition coefficient (Wildman–Crippen LogP) is 2.11. The number of anilines is 1. The highest BCUT2D eigenvalue weighted by molar-refractivity contribution is 8.01. The molecule has 0 unspecified atom stereocenters. The first-order valence-electron chi connectivity index (χ1n) is 4.03. The van der Waals surface area contributed by atoms with E-state index in [1.807, 2.05) is 12.3 Å². The van der Waals surface area contributed by atoms with Crippen LogP contribution in [0, 0.1) is 12.7 Å². The molecule has 2 heterocycles. The van der Waals surface area contributed by atoms with E-state index in [9.17, 15) is 4.39 Å². The number of halogens is 1. The van der Waals surface area contributed by atoms with Crippen molar-refractivity contribution in [3.8, 4) is 0 Å². The van der Waals surface area contributed by atoms with Gasteiger partial charge in [-0.3, -0.25) is 0 Å². The van der Waals surface area contributed by atoms with Crippen molar-refractivity contribution >= 4 is 29.0 Å². The maximum atomic E-state index is 13.2. The number of hydrogen-bond acceptors (Lipinski definition) is 6. The minimum Gasteiger partial charge on any atom is -0.368 e. The van der Waals surface area contributed by atoms with Crippen molar-refractivity contribution in [2.45, 2.75) is 16.3 Å². The lowest BCUT2D eigenvalue weighted by atomic mass is 10.6. The van der Waals surface area contributed by atoms with Gasteiger partial charge >= 0.3 is 0 Å². The van der Waals surface area contributed by atoms with Crippen LogP contribution in [-0.2, 0) is 0 Å². The number of rotatable bonds is 2. The Hall–Kier alpha value is -1.21.